The molecule has 0 aliphatic heterocycles. The van der Waals surface area contributed by atoms with Crippen molar-refractivity contribution in [3.05, 3.63) is 71.8 Å². The number of hydrogen-bond donors (Lipinski definition) is 1. The molecule has 1 saturated carbocycles. The maximum atomic E-state index is 14.1. The zero-order valence-electron chi connectivity index (χ0n) is 18.5. The van der Waals surface area contributed by atoms with Crippen molar-refractivity contribution in [3.63, 3.8) is 0 Å². The van der Waals surface area contributed by atoms with E-state index in [1.165, 1.54) is 19.3 Å². The zero-order valence-corrected chi connectivity index (χ0v) is 18.5. The molecule has 0 saturated heterocycles. The molecule has 1 atom stereocenters. The Kier molecular flexibility index (Phi) is 6.79. The van der Waals surface area contributed by atoms with Crippen LogP contribution in [0.5, 0.6) is 0 Å². The summed E-state index contributed by atoms with van der Waals surface area (Å²) in [6.45, 7) is 2.26. The molecule has 0 bridgehead atoms. The first-order chi connectivity index (χ1) is 13.8. The third-order valence-corrected chi connectivity index (χ3v) is 6.79. The molecule has 0 heterocycles. The minimum atomic E-state index is -0.690. The number of nitrogens with one attached hydrogen (secondary N) is 1. The molecule has 2 aromatic carbocycles. The molecule has 1 unspecified atom stereocenters. The van der Waals surface area contributed by atoms with Crippen molar-refractivity contribution >= 4 is 5.91 Å². The van der Waals surface area contributed by atoms with Crippen LogP contribution in [0.1, 0.15) is 56.6 Å². The first kappa shape index (κ1) is 21.6. The third-order valence-electron chi connectivity index (χ3n) is 6.79. The standard InChI is InChI=1S/C26H36N2O/c1-21(28(2,3)4)20-26(22-14-8-5-9-15-22,23-16-10-6-11-17-23)25(29)27-24-18-12-7-13-19-24/h5-6,8-11,14-17,21,24H,7,12-13,18-20H2,1-4H3/p+1. The average molecular weight is 394 g/mol. The van der Waals surface area contributed by atoms with Crippen molar-refractivity contribution in [1.82, 2.24) is 5.32 Å². The van der Waals surface area contributed by atoms with E-state index < -0.39 is 5.41 Å². The molecule has 1 amide bonds. The summed E-state index contributed by atoms with van der Waals surface area (Å²) >= 11 is 0. The van der Waals surface area contributed by atoms with Crippen LogP contribution >= 0.6 is 0 Å². The molecule has 0 radical (unpaired) electrons. The lowest BCUT2D eigenvalue weighted by Crippen LogP contribution is -2.54. The van der Waals surface area contributed by atoms with Gasteiger partial charge in [-0.25, -0.2) is 0 Å². The first-order valence-corrected chi connectivity index (χ1v) is 11.1. The lowest BCUT2D eigenvalue weighted by Gasteiger charge is -2.41. The molecule has 1 aliphatic carbocycles. The van der Waals surface area contributed by atoms with Gasteiger partial charge in [-0.1, -0.05) is 79.9 Å². The summed E-state index contributed by atoms with van der Waals surface area (Å²) in [5, 5.41) is 3.47. The van der Waals surface area contributed by atoms with Gasteiger partial charge >= 0.3 is 0 Å². The molecule has 29 heavy (non-hydrogen) atoms. The van der Waals surface area contributed by atoms with E-state index in [1.807, 2.05) is 12.1 Å². The fourth-order valence-corrected chi connectivity index (χ4v) is 4.48. The van der Waals surface area contributed by atoms with Crippen LogP contribution in [-0.2, 0) is 10.2 Å². The highest BCUT2D eigenvalue weighted by atomic mass is 16.2. The second-order valence-corrected chi connectivity index (χ2v) is 9.62. The highest BCUT2D eigenvalue weighted by Crippen LogP contribution is 2.39. The predicted octanol–water partition coefficient (Wildman–Crippen LogP) is 4.91. The van der Waals surface area contributed by atoms with Crippen LogP contribution in [-0.4, -0.2) is 43.6 Å². The summed E-state index contributed by atoms with van der Waals surface area (Å²) in [5.41, 5.74) is 1.48. The normalized spacial score (nSPS) is 17.0. The highest BCUT2D eigenvalue weighted by molar-refractivity contribution is 5.92. The number of carbonyl (C=O) groups is 1. The SMILES string of the molecule is CC(CC(C(=O)NC1CCCCC1)(c1ccccc1)c1ccccc1)[N+](C)(C)C. The van der Waals surface area contributed by atoms with Crippen LogP contribution in [0.4, 0.5) is 0 Å². The number of benzene rings is 2. The zero-order chi connectivity index (χ0) is 20.9. The number of rotatable bonds is 7. The van der Waals surface area contributed by atoms with Crippen LogP contribution in [0.25, 0.3) is 0 Å². The van der Waals surface area contributed by atoms with Crippen LogP contribution in [0.2, 0.25) is 0 Å². The predicted molar refractivity (Wildman–Crippen MR) is 121 cm³/mol. The molecule has 1 aliphatic rings. The summed E-state index contributed by atoms with van der Waals surface area (Å²) in [6.07, 6.45) is 6.66. The van der Waals surface area contributed by atoms with Crippen molar-refractivity contribution < 1.29 is 9.28 Å². The van der Waals surface area contributed by atoms with Gasteiger partial charge in [0.15, 0.2) is 0 Å². The second-order valence-electron chi connectivity index (χ2n) is 9.62. The average Bonchev–Trinajstić information content (AvgIpc) is 2.73. The van der Waals surface area contributed by atoms with Gasteiger partial charge in [0.2, 0.25) is 5.91 Å². The van der Waals surface area contributed by atoms with Crippen LogP contribution in [0, 0.1) is 0 Å². The third kappa shape index (κ3) is 4.90. The van der Waals surface area contributed by atoms with Gasteiger partial charge in [-0.15, -0.1) is 0 Å². The number of amides is 1. The van der Waals surface area contributed by atoms with E-state index in [2.05, 4.69) is 81.9 Å². The number of carbonyl (C=O) groups excluding carboxylic acids is 1. The molecule has 2 aromatic rings. The van der Waals surface area contributed by atoms with Gasteiger partial charge in [-0.2, -0.15) is 0 Å². The summed E-state index contributed by atoms with van der Waals surface area (Å²) in [6, 6.07) is 21.4. The Morgan fingerprint density at radius 3 is 1.86 bits per heavy atom. The number of quaternary nitrogens is 1. The summed E-state index contributed by atoms with van der Waals surface area (Å²) in [5.74, 6) is 0.155. The Morgan fingerprint density at radius 1 is 0.931 bits per heavy atom. The molecule has 3 nitrogen and oxygen atoms in total. The van der Waals surface area contributed by atoms with Crippen LogP contribution in [0.3, 0.4) is 0 Å². The molecule has 0 aromatic heterocycles. The van der Waals surface area contributed by atoms with Gasteiger partial charge in [0.25, 0.3) is 0 Å². The Morgan fingerprint density at radius 2 is 1.41 bits per heavy atom. The van der Waals surface area contributed by atoms with E-state index in [0.717, 1.165) is 34.9 Å². The van der Waals surface area contributed by atoms with Crippen molar-refractivity contribution in [3.8, 4) is 0 Å². The lowest BCUT2D eigenvalue weighted by atomic mass is 9.69. The lowest BCUT2D eigenvalue weighted by molar-refractivity contribution is -0.894. The first-order valence-electron chi connectivity index (χ1n) is 11.1. The topological polar surface area (TPSA) is 29.1 Å². The molecule has 1 fully saturated rings. The van der Waals surface area contributed by atoms with Crippen molar-refractivity contribution in [2.24, 2.45) is 0 Å². The minimum Gasteiger partial charge on any atom is -0.352 e. The second kappa shape index (κ2) is 9.13. The monoisotopic (exact) mass is 393 g/mol. The van der Waals surface area contributed by atoms with E-state index in [9.17, 15) is 4.79 Å². The Balaban J connectivity index is 2.09. The van der Waals surface area contributed by atoms with Gasteiger partial charge in [-0.3, -0.25) is 4.79 Å². The van der Waals surface area contributed by atoms with E-state index in [4.69, 9.17) is 0 Å². The summed E-state index contributed by atoms with van der Waals surface area (Å²) < 4.78 is 0.818. The Hall–Kier alpha value is -2.13. The smallest absolute Gasteiger partial charge is 0.235 e. The molecule has 1 N–H and O–H groups in total. The Labute approximate surface area is 176 Å². The van der Waals surface area contributed by atoms with E-state index in [-0.39, 0.29) is 5.91 Å². The maximum absolute atomic E-state index is 14.1. The fourth-order valence-electron chi connectivity index (χ4n) is 4.48. The summed E-state index contributed by atoms with van der Waals surface area (Å²) in [4.78, 5) is 14.1. The van der Waals surface area contributed by atoms with Gasteiger partial charge in [-0.05, 0) is 30.9 Å². The molecule has 3 rings (SSSR count). The van der Waals surface area contributed by atoms with Crippen LogP contribution < -0.4 is 5.32 Å². The minimum absolute atomic E-state index is 0.155. The van der Waals surface area contributed by atoms with Crippen molar-refractivity contribution in [1.29, 1.82) is 0 Å². The summed E-state index contributed by atoms with van der Waals surface area (Å²) in [7, 11) is 6.64. The van der Waals surface area contributed by atoms with E-state index in [1.54, 1.807) is 0 Å². The molecular formula is C26H37N2O+. The van der Waals surface area contributed by atoms with Crippen molar-refractivity contribution in [2.45, 2.75) is 62.9 Å². The van der Waals surface area contributed by atoms with Crippen LogP contribution in [0.15, 0.2) is 60.7 Å². The fraction of sp³-hybridized carbons (Fsp3) is 0.500. The maximum Gasteiger partial charge on any atom is 0.235 e. The Bertz CT molecular complexity index is 734. The molecule has 0 spiro atoms. The molecular weight excluding hydrogens is 356 g/mol. The number of nitrogens with zero attached hydrogens (tertiary/aromatic N) is 1. The highest BCUT2D eigenvalue weighted by Gasteiger charge is 2.46. The van der Waals surface area contributed by atoms with Gasteiger partial charge in [0, 0.05) is 12.5 Å². The van der Waals surface area contributed by atoms with E-state index >= 15 is 0 Å². The number of hydrogen-bond acceptors (Lipinski definition) is 1. The molecule has 156 valence electrons. The van der Waals surface area contributed by atoms with Gasteiger partial charge < -0.3 is 9.80 Å². The largest absolute Gasteiger partial charge is 0.352 e. The van der Waals surface area contributed by atoms with Gasteiger partial charge in [0.05, 0.1) is 27.2 Å². The molecule has 3 heteroatoms. The van der Waals surface area contributed by atoms with Crippen molar-refractivity contribution in [2.75, 3.05) is 21.1 Å². The quantitative estimate of drug-likeness (QED) is 0.666. The van der Waals surface area contributed by atoms with E-state index in [0.29, 0.717) is 12.1 Å². The van der Waals surface area contributed by atoms with Gasteiger partial charge in [0.1, 0.15) is 5.41 Å².